The van der Waals surface area contributed by atoms with Crippen LogP contribution in [0.5, 0.6) is 5.75 Å². The van der Waals surface area contributed by atoms with Gasteiger partial charge in [-0.2, -0.15) is 0 Å². The number of benzene rings is 2. The number of rotatable bonds is 3. The Hall–Kier alpha value is -2.37. The van der Waals surface area contributed by atoms with E-state index in [0.29, 0.717) is 22.3 Å². The number of carbonyl (C=O) groups is 1. The molecular formula is C17H13ClN2O2S. The molecule has 0 saturated carbocycles. The van der Waals surface area contributed by atoms with E-state index in [-0.39, 0.29) is 11.8 Å². The first-order chi connectivity index (χ1) is 11.0. The minimum Gasteiger partial charge on any atom is -0.508 e. The number of hydrogen-bond donors (Lipinski definition) is 2. The summed E-state index contributed by atoms with van der Waals surface area (Å²) in [6, 6.07) is 13.7. The molecule has 1 heterocycles. The van der Waals surface area contributed by atoms with Crippen molar-refractivity contribution in [1.29, 1.82) is 0 Å². The molecule has 1 saturated heterocycles. The Morgan fingerprint density at radius 3 is 2.43 bits per heavy atom. The van der Waals surface area contributed by atoms with Crippen molar-refractivity contribution in [2.24, 2.45) is 0 Å². The van der Waals surface area contributed by atoms with E-state index in [1.807, 2.05) is 12.1 Å². The lowest BCUT2D eigenvalue weighted by Gasteiger charge is -2.13. The van der Waals surface area contributed by atoms with Gasteiger partial charge in [-0.05, 0) is 41.5 Å². The number of nitrogens with zero attached hydrogens (tertiary/aromatic N) is 1. The minimum atomic E-state index is -0.255. The van der Waals surface area contributed by atoms with Crippen molar-refractivity contribution >= 4 is 40.9 Å². The molecule has 0 aromatic heterocycles. The predicted octanol–water partition coefficient (Wildman–Crippen LogP) is 3.94. The Balaban J connectivity index is 1.79. The van der Waals surface area contributed by atoms with Crippen molar-refractivity contribution in [2.45, 2.75) is 6.54 Å². The quantitative estimate of drug-likeness (QED) is 0.655. The molecule has 0 spiro atoms. The van der Waals surface area contributed by atoms with Gasteiger partial charge in [0.1, 0.15) is 10.7 Å². The molecule has 2 amide bonds. The number of nitrogens with one attached hydrogen (secondary N) is 1. The standard InChI is InChI=1S/C17H13ClN2O2S/c18-13-5-1-12(2-6-13)10-20-16(23)15(19-17(20)22)9-11-3-7-14(21)8-4-11/h1-9,21H,10H2,(H,19,22)/b15-9+. The Bertz CT molecular complexity index is 785. The number of phenolic OH excluding ortho intramolecular Hbond substituents is 1. The lowest BCUT2D eigenvalue weighted by atomic mass is 10.2. The average Bonchev–Trinajstić information content (AvgIpc) is 2.79. The summed E-state index contributed by atoms with van der Waals surface area (Å²) in [7, 11) is 0. The van der Waals surface area contributed by atoms with Crippen molar-refractivity contribution in [1.82, 2.24) is 10.2 Å². The molecule has 116 valence electrons. The molecule has 0 atom stereocenters. The van der Waals surface area contributed by atoms with Crippen LogP contribution in [-0.4, -0.2) is 21.0 Å². The lowest BCUT2D eigenvalue weighted by Crippen LogP contribution is -2.29. The van der Waals surface area contributed by atoms with Gasteiger partial charge < -0.3 is 10.4 Å². The van der Waals surface area contributed by atoms with Crippen LogP contribution in [0.2, 0.25) is 5.02 Å². The van der Waals surface area contributed by atoms with Gasteiger partial charge in [-0.3, -0.25) is 4.90 Å². The Morgan fingerprint density at radius 2 is 1.78 bits per heavy atom. The molecule has 0 unspecified atom stereocenters. The topological polar surface area (TPSA) is 52.6 Å². The second kappa shape index (κ2) is 6.40. The van der Waals surface area contributed by atoms with Gasteiger partial charge in [0.15, 0.2) is 0 Å². The third-order valence-corrected chi connectivity index (χ3v) is 4.11. The summed E-state index contributed by atoms with van der Waals surface area (Å²) in [4.78, 5) is 14.1. The number of phenols is 1. The van der Waals surface area contributed by atoms with E-state index < -0.39 is 0 Å². The summed E-state index contributed by atoms with van der Waals surface area (Å²) in [5.41, 5.74) is 2.36. The van der Waals surface area contributed by atoms with E-state index in [1.165, 1.54) is 4.90 Å². The van der Waals surface area contributed by atoms with Gasteiger partial charge in [-0.25, -0.2) is 4.79 Å². The number of aromatic hydroxyl groups is 1. The second-order valence-electron chi connectivity index (χ2n) is 5.10. The van der Waals surface area contributed by atoms with Gasteiger partial charge in [-0.15, -0.1) is 0 Å². The monoisotopic (exact) mass is 344 g/mol. The molecule has 2 N–H and O–H groups in total. The summed E-state index contributed by atoms with van der Waals surface area (Å²) in [6.45, 7) is 0.384. The van der Waals surface area contributed by atoms with Crippen LogP contribution in [0.4, 0.5) is 4.79 Å². The largest absolute Gasteiger partial charge is 0.508 e. The van der Waals surface area contributed by atoms with Crippen molar-refractivity contribution in [3.63, 3.8) is 0 Å². The first-order valence-corrected chi connectivity index (χ1v) is 7.69. The van der Waals surface area contributed by atoms with Crippen LogP contribution in [0.25, 0.3) is 6.08 Å². The smallest absolute Gasteiger partial charge is 0.327 e. The maximum Gasteiger partial charge on any atom is 0.327 e. The summed E-state index contributed by atoms with van der Waals surface area (Å²) in [5.74, 6) is 0.189. The maximum atomic E-state index is 12.1. The van der Waals surface area contributed by atoms with Crippen molar-refractivity contribution in [3.8, 4) is 5.75 Å². The van der Waals surface area contributed by atoms with Gasteiger partial charge in [0.25, 0.3) is 0 Å². The first-order valence-electron chi connectivity index (χ1n) is 6.91. The van der Waals surface area contributed by atoms with Gasteiger partial charge in [-0.1, -0.05) is 48.1 Å². The Morgan fingerprint density at radius 1 is 1.13 bits per heavy atom. The van der Waals surface area contributed by atoms with Crippen molar-refractivity contribution in [2.75, 3.05) is 0 Å². The number of amides is 2. The molecule has 2 aromatic carbocycles. The fraction of sp³-hybridized carbons (Fsp3) is 0.0588. The summed E-state index contributed by atoms with van der Waals surface area (Å²) in [6.07, 6.45) is 1.78. The molecule has 0 bridgehead atoms. The Kier molecular flexibility index (Phi) is 4.32. The number of halogens is 1. The van der Waals surface area contributed by atoms with Crippen LogP contribution in [0, 0.1) is 0 Å². The van der Waals surface area contributed by atoms with Gasteiger partial charge in [0, 0.05) is 5.02 Å². The highest BCUT2D eigenvalue weighted by atomic mass is 35.5. The molecule has 4 nitrogen and oxygen atoms in total. The zero-order valence-electron chi connectivity index (χ0n) is 12.0. The molecular weight excluding hydrogens is 332 g/mol. The van der Waals surface area contributed by atoms with E-state index in [1.54, 1.807) is 42.5 Å². The van der Waals surface area contributed by atoms with Crippen LogP contribution in [0.3, 0.4) is 0 Å². The molecule has 1 fully saturated rings. The molecule has 0 aliphatic carbocycles. The first kappa shape index (κ1) is 15.5. The molecule has 1 aliphatic heterocycles. The highest BCUT2D eigenvalue weighted by Crippen LogP contribution is 2.20. The molecule has 1 aliphatic rings. The van der Waals surface area contributed by atoms with Gasteiger partial charge in [0.05, 0.1) is 12.2 Å². The van der Waals surface area contributed by atoms with Crippen LogP contribution in [-0.2, 0) is 6.54 Å². The van der Waals surface area contributed by atoms with Crippen molar-refractivity contribution in [3.05, 3.63) is 70.4 Å². The van der Waals surface area contributed by atoms with Crippen molar-refractivity contribution < 1.29 is 9.90 Å². The summed E-state index contributed by atoms with van der Waals surface area (Å²) < 4.78 is 0. The number of urea groups is 1. The third kappa shape index (κ3) is 3.52. The highest BCUT2D eigenvalue weighted by Gasteiger charge is 2.29. The van der Waals surface area contributed by atoms with Crippen LogP contribution in [0.15, 0.2) is 54.2 Å². The number of carbonyl (C=O) groups excluding carboxylic acids is 1. The number of hydrogen-bond acceptors (Lipinski definition) is 3. The minimum absolute atomic E-state index is 0.189. The van der Waals surface area contributed by atoms with E-state index in [9.17, 15) is 9.90 Å². The fourth-order valence-electron chi connectivity index (χ4n) is 2.22. The molecule has 3 rings (SSSR count). The molecule has 6 heteroatoms. The molecule has 0 radical (unpaired) electrons. The summed E-state index contributed by atoms with van der Waals surface area (Å²) in [5, 5.41) is 12.7. The van der Waals surface area contributed by atoms with E-state index in [2.05, 4.69) is 5.32 Å². The molecule has 23 heavy (non-hydrogen) atoms. The third-order valence-electron chi connectivity index (χ3n) is 3.42. The van der Waals surface area contributed by atoms with E-state index in [4.69, 9.17) is 23.8 Å². The zero-order chi connectivity index (χ0) is 16.4. The van der Waals surface area contributed by atoms with Gasteiger partial charge in [0.2, 0.25) is 0 Å². The normalized spacial score (nSPS) is 16.0. The predicted molar refractivity (Wildman–Crippen MR) is 94.2 cm³/mol. The zero-order valence-corrected chi connectivity index (χ0v) is 13.6. The van der Waals surface area contributed by atoms with Crippen LogP contribution >= 0.6 is 23.8 Å². The number of thiocarbonyl (C=S) groups is 1. The van der Waals surface area contributed by atoms with E-state index >= 15 is 0 Å². The average molecular weight is 345 g/mol. The highest BCUT2D eigenvalue weighted by molar-refractivity contribution is 7.80. The molecule has 2 aromatic rings. The van der Waals surface area contributed by atoms with Gasteiger partial charge >= 0.3 is 6.03 Å². The summed E-state index contributed by atoms with van der Waals surface area (Å²) >= 11 is 11.3. The second-order valence-corrected chi connectivity index (χ2v) is 5.92. The van der Waals surface area contributed by atoms with Crippen LogP contribution in [0.1, 0.15) is 11.1 Å². The van der Waals surface area contributed by atoms with Crippen LogP contribution < -0.4 is 5.32 Å². The SMILES string of the molecule is O=C1N/C(=C/c2ccc(O)cc2)C(=S)N1Cc1ccc(Cl)cc1. The fourth-order valence-corrected chi connectivity index (χ4v) is 2.61. The van der Waals surface area contributed by atoms with E-state index in [0.717, 1.165) is 11.1 Å². The lowest BCUT2D eigenvalue weighted by molar-refractivity contribution is 0.228. The Labute approximate surface area is 144 Å². The maximum absolute atomic E-state index is 12.1.